The van der Waals surface area contributed by atoms with Crippen molar-refractivity contribution in [3.8, 4) is 23.0 Å². The molecule has 0 spiro atoms. The quantitative estimate of drug-likeness (QED) is 0.193. The van der Waals surface area contributed by atoms with Crippen LogP contribution in [0.25, 0.3) is 0 Å². The zero-order chi connectivity index (χ0) is 38.4. The summed E-state index contributed by atoms with van der Waals surface area (Å²) < 4.78 is 63.6. The molecule has 10 rings (SSSR count). The van der Waals surface area contributed by atoms with Gasteiger partial charge in [-0.15, -0.1) is 0 Å². The van der Waals surface area contributed by atoms with Gasteiger partial charge in [-0.1, -0.05) is 24.3 Å². The number of ether oxygens (including phenoxy) is 10. The Morgan fingerprint density at radius 2 is 0.379 bits per heavy atom. The van der Waals surface area contributed by atoms with Gasteiger partial charge >= 0.3 is 0 Å². The highest BCUT2D eigenvalue weighted by Gasteiger charge is 2.37. The first-order valence-electron chi connectivity index (χ1n) is 21.4. The van der Waals surface area contributed by atoms with Gasteiger partial charge in [-0.3, -0.25) is 0 Å². The van der Waals surface area contributed by atoms with Crippen molar-refractivity contribution in [2.45, 2.75) is 51.4 Å². The maximum atomic E-state index is 6.95. The summed E-state index contributed by atoms with van der Waals surface area (Å²) in [7, 11) is 0. The van der Waals surface area contributed by atoms with Gasteiger partial charge in [-0.05, 0) is 70.2 Å². The van der Waals surface area contributed by atoms with Crippen LogP contribution in [0.2, 0.25) is 0 Å². The molecule has 0 unspecified atom stereocenters. The minimum atomic E-state index is 0.453. The highest BCUT2D eigenvalue weighted by atomic mass is 16.6. The van der Waals surface area contributed by atoms with Gasteiger partial charge in [0.2, 0.25) is 0 Å². The molecule has 0 saturated carbocycles. The highest BCUT2D eigenvalue weighted by molar-refractivity contribution is 5.70. The zero-order valence-electron chi connectivity index (χ0n) is 33.4. The lowest BCUT2D eigenvalue weighted by Gasteiger charge is -2.36. The SMILES string of the molecule is c1c2c3c4c5c1Cc1cc6c7c(c1C5)OCCOCCOCCOCCOc1c(c(cc5c1Cc1c(cc(c(c1OCCOCCOCCOCCO4)C7)C6)C5)C2)C3. The fourth-order valence-corrected chi connectivity index (χ4v) is 10.4. The minimum Gasteiger partial charge on any atom is -0.491 e. The average molecular weight is 789 g/mol. The zero-order valence-corrected chi connectivity index (χ0v) is 33.4. The minimum absolute atomic E-state index is 0.453. The second kappa shape index (κ2) is 16.1. The van der Waals surface area contributed by atoms with E-state index < -0.39 is 0 Å². The van der Waals surface area contributed by atoms with Crippen molar-refractivity contribution in [2.75, 3.05) is 106 Å². The van der Waals surface area contributed by atoms with Crippen LogP contribution in [0.15, 0.2) is 24.3 Å². The smallest absolute Gasteiger partial charge is 0.127 e. The summed E-state index contributed by atoms with van der Waals surface area (Å²) in [5.41, 5.74) is 20.8. The van der Waals surface area contributed by atoms with Crippen LogP contribution in [-0.2, 0) is 79.8 Å². The third kappa shape index (κ3) is 6.85. The van der Waals surface area contributed by atoms with Gasteiger partial charge in [0.15, 0.2) is 0 Å². The molecule has 0 radical (unpaired) electrons. The van der Waals surface area contributed by atoms with Crippen LogP contribution in [-0.4, -0.2) is 106 Å². The van der Waals surface area contributed by atoms with E-state index in [9.17, 15) is 0 Å². The number of hydrogen-bond acceptors (Lipinski definition) is 10. The molecule has 4 aliphatic carbocycles. The number of rotatable bonds is 0. The van der Waals surface area contributed by atoms with E-state index in [2.05, 4.69) is 24.3 Å². The number of benzene rings is 4. The lowest BCUT2D eigenvalue weighted by Crippen LogP contribution is -2.24. The third-order valence-corrected chi connectivity index (χ3v) is 13.0. The van der Waals surface area contributed by atoms with Gasteiger partial charge in [-0.25, -0.2) is 0 Å². The molecule has 2 aliphatic heterocycles. The van der Waals surface area contributed by atoms with Crippen LogP contribution < -0.4 is 18.9 Å². The molecule has 10 nitrogen and oxygen atoms in total. The van der Waals surface area contributed by atoms with Crippen molar-refractivity contribution >= 4 is 0 Å². The Hall–Kier alpha value is -4.16. The molecule has 0 fully saturated rings. The second-order valence-corrected chi connectivity index (χ2v) is 16.4. The van der Waals surface area contributed by atoms with Crippen LogP contribution in [0, 0.1) is 0 Å². The van der Waals surface area contributed by atoms with E-state index in [-0.39, 0.29) is 0 Å². The number of hydrogen-bond donors (Lipinski definition) is 0. The first-order valence-corrected chi connectivity index (χ1v) is 21.4. The molecule has 6 aliphatic rings. The lowest BCUT2D eigenvalue weighted by molar-refractivity contribution is 0.00459. The Labute approximate surface area is 339 Å². The Kier molecular flexibility index (Phi) is 10.3. The predicted octanol–water partition coefficient (Wildman–Crippen LogP) is 5.62. The third-order valence-electron chi connectivity index (χ3n) is 13.0. The van der Waals surface area contributed by atoms with Crippen molar-refractivity contribution in [1.29, 1.82) is 0 Å². The molecule has 0 atom stereocenters. The van der Waals surface area contributed by atoms with Crippen molar-refractivity contribution in [2.24, 2.45) is 0 Å². The van der Waals surface area contributed by atoms with Crippen LogP contribution in [0.5, 0.6) is 23.0 Å². The fraction of sp³-hybridized carbons (Fsp3) is 0.500. The van der Waals surface area contributed by atoms with E-state index in [0.29, 0.717) is 106 Å². The van der Waals surface area contributed by atoms with E-state index in [1.54, 1.807) is 0 Å². The van der Waals surface area contributed by atoms with Crippen molar-refractivity contribution in [3.63, 3.8) is 0 Å². The molecule has 58 heavy (non-hydrogen) atoms. The number of fused-ring (bicyclic) bond motifs is 4. The van der Waals surface area contributed by atoms with E-state index >= 15 is 0 Å². The van der Waals surface area contributed by atoms with Crippen LogP contribution in [0.3, 0.4) is 0 Å². The summed E-state index contributed by atoms with van der Waals surface area (Å²) in [5, 5.41) is 0. The molecule has 2 heterocycles. The topological polar surface area (TPSA) is 92.3 Å². The molecule has 8 bridgehead atoms. The van der Waals surface area contributed by atoms with Gasteiger partial charge < -0.3 is 47.4 Å². The predicted molar refractivity (Wildman–Crippen MR) is 215 cm³/mol. The Morgan fingerprint density at radius 1 is 0.207 bits per heavy atom. The molecule has 0 aromatic heterocycles. The Balaban J connectivity index is 1.14. The average Bonchev–Trinajstić information content (AvgIpc) is 3.22. The van der Waals surface area contributed by atoms with Gasteiger partial charge in [-0.2, -0.15) is 0 Å². The summed E-state index contributed by atoms with van der Waals surface area (Å²) in [6.07, 6.45) is 6.24. The van der Waals surface area contributed by atoms with Crippen LogP contribution in [0.1, 0.15) is 89.0 Å². The maximum Gasteiger partial charge on any atom is 0.127 e. The van der Waals surface area contributed by atoms with Gasteiger partial charge in [0.25, 0.3) is 0 Å². The van der Waals surface area contributed by atoms with E-state index in [0.717, 1.165) is 74.4 Å². The maximum absolute atomic E-state index is 6.95. The lowest BCUT2D eigenvalue weighted by atomic mass is 9.72. The fourth-order valence-electron chi connectivity index (χ4n) is 10.4. The molecular formula is C48H52O10. The summed E-state index contributed by atoms with van der Waals surface area (Å²) in [6, 6.07) is 9.95. The first kappa shape index (κ1) is 36.9. The van der Waals surface area contributed by atoms with Gasteiger partial charge in [0.05, 0.1) is 79.3 Å². The molecule has 304 valence electrons. The molecule has 4 aromatic carbocycles. The summed E-state index contributed by atoms with van der Waals surface area (Å²) in [5.74, 6) is 4.01. The summed E-state index contributed by atoms with van der Waals surface area (Å²) >= 11 is 0. The summed E-state index contributed by atoms with van der Waals surface area (Å²) in [6.45, 7) is 7.75. The first-order chi connectivity index (χ1) is 28.8. The van der Waals surface area contributed by atoms with E-state index in [1.807, 2.05) is 0 Å². The van der Waals surface area contributed by atoms with Crippen molar-refractivity contribution < 1.29 is 47.4 Å². The highest BCUT2D eigenvalue weighted by Crippen LogP contribution is 2.51. The molecule has 0 N–H and O–H groups in total. The van der Waals surface area contributed by atoms with Crippen molar-refractivity contribution in [1.82, 2.24) is 0 Å². The van der Waals surface area contributed by atoms with E-state index in [1.165, 1.54) is 89.0 Å². The normalized spacial score (nSPS) is 20.3. The molecule has 0 amide bonds. The Bertz CT molecular complexity index is 1830. The monoisotopic (exact) mass is 788 g/mol. The van der Waals surface area contributed by atoms with Crippen molar-refractivity contribution in [3.05, 3.63) is 113 Å². The Morgan fingerprint density at radius 3 is 0.569 bits per heavy atom. The van der Waals surface area contributed by atoms with Gasteiger partial charge in [0, 0.05) is 70.2 Å². The van der Waals surface area contributed by atoms with Gasteiger partial charge in [0.1, 0.15) is 49.4 Å². The second-order valence-electron chi connectivity index (χ2n) is 16.4. The van der Waals surface area contributed by atoms with E-state index in [4.69, 9.17) is 47.4 Å². The molecule has 0 saturated heterocycles. The summed E-state index contributed by atoms with van der Waals surface area (Å²) in [4.78, 5) is 0. The largest absolute Gasteiger partial charge is 0.491 e. The molecule has 10 heteroatoms. The standard InChI is InChI=1S/C48H52O10/c1-5-51-9-13-55-45-37-25-39-31-18-35-23-33-20-34-24-36-19-32-22-30(17-29(37)21-31)38(45)26-40(32)48-44(36)28-42(34)46(56-14-10-52-6-2-49-1)41(33)27-43(35)47(39)57-15-11-53-7-3-50-4-8-54-12-16-58-48/h17-20H,1-16,21-28H2. The van der Waals surface area contributed by atoms with Crippen LogP contribution in [0.4, 0.5) is 0 Å². The van der Waals surface area contributed by atoms with Crippen LogP contribution >= 0.6 is 0 Å². The molecule has 4 aromatic rings. The molecular weight excluding hydrogens is 737 g/mol.